The van der Waals surface area contributed by atoms with Gasteiger partial charge in [-0.3, -0.25) is 4.90 Å². The SMILES string of the molecule is CCCCc1ccc(S(=O)(=O)N2CCN(Cc3ccccc3)CC2)cc1. The van der Waals surface area contributed by atoms with E-state index in [0.717, 1.165) is 38.9 Å². The Bertz CT molecular complexity index is 781. The number of sulfonamides is 1. The number of benzene rings is 2. The van der Waals surface area contributed by atoms with Crippen molar-refractivity contribution in [3.05, 3.63) is 65.7 Å². The first-order valence-electron chi connectivity index (χ1n) is 9.45. The molecular formula is C21H28N2O2S. The fourth-order valence-electron chi connectivity index (χ4n) is 3.33. The topological polar surface area (TPSA) is 40.6 Å². The van der Waals surface area contributed by atoms with Gasteiger partial charge < -0.3 is 0 Å². The summed E-state index contributed by atoms with van der Waals surface area (Å²) in [6.45, 7) is 5.67. The van der Waals surface area contributed by atoms with E-state index in [0.29, 0.717) is 18.0 Å². The third kappa shape index (κ3) is 4.72. The van der Waals surface area contributed by atoms with Crippen LogP contribution in [0.3, 0.4) is 0 Å². The number of hydrogen-bond donors (Lipinski definition) is 0. The number of unbranched alkanes of at least 4 members (excludes halogenated alkanes) is 1. The fourth-order valence-corrected chi connectivity index (χ4v) is 4.75. The maximum Gasteiger partial charge on any atom is 0.243 e. The normalized spacial score (nSPS) is 16.7. The zero-order chi connectivity index (χ0) is 18.4. The molecule has 0 N–H and O–H groups in total. The molecule has 1 aliphatic rings. The van der Waals surface area contributed by atoms with E-state index >= 15 is 0 Å². The van der Waals surface area contributed by atoms with Crippen LogP contribution >= 0.6 is 0 Å². The maximum atomic E-state index is 12.9. The minimum Gasteiger partial charge on any atom is -0.296 e. The second-order valence-corrected chi connectivity index (χ2v) is 8.85. The van der Waals surface area contributed by atoms with Crippen molar-refractivity contribution in [2.24, 2.45) is 0 Å². The van der Waals surface area contributed by atoms with Gasteiger partial charge in [-0.25, -0.2) is 8.42 Å². The quantitative estimate of drug-likeness (QED) is 0.746. The van der Waals surface area contributed by atoms with E-state index in [2.05, 4.69) is 24.0 Å². The molecule has 1 heterocycles. The Morgan fingerprint density at radius 2 is 1.50 bits per heavy atom. The molecule has 3 rings (SSSR count). The third-order valence-electron chi connectivity index (χ3n) is 4.96. The Hall–Kier alpha value is -1.69. The van der Waals surface area contributed by atoms with Gasteiger partial charge in [-0.1, -0.05) is 55.8 Å². The van der Waals surface area contributed by atoms with E-state index in [1.54, 1.807) is 16.4 Å². The van der Waals surface area contributed by atoms with Crippen LogP contribution in [0.1, 0.15) is 30.9 Å². The van der Waals surface area contributed by atoms with Crippen molar-refractivity contribution in [2.45, 2.75) is 37.6 Å². The molecule has 0 saturated carbocycles. The summed E-state index contributed by atoms with van der Waals surface area (Å²) in [5.41, 5.74) is 2.48. The lowest BCUT2D eigenvalue weighted by atomic mass is 10.1. The molecule has 0 unspecified atom stereocenters. The minimum atomic E-state index is -3.39. The van der Waals surface area contributed by atoms with Crippen molar-refractivity contribution in [3.63, 3.8) is 0 Å². The van der Waals surface area contributed by atoms with Crippen molar-refractivity contribution in [1.29, 1.82) is 0 Å². The van der Waals surface area contributed by atoms with Crippen LogP contribution in [0.15, 0.2) is 59.5 Å². The van der Waals surface area contributed by atoms with E-state index in [4.69, 9.17) is 0 Å². The summed E-state index contributed by atoms with van der Waals surface area (Å²) >= 11 is 0. The highest BCUT2D eigenvalue weighted by Crippen LogP contribution is 2.19. The van der Waals surface area contributed by atoms with E-state index < -0.39 is 10.0 Å². The maximum absolute atomic E-state index is 12.9. The van der Waals surface area contributed by atoms with Gasteiger partial charge in [0.15, 0.2) is 0 Å². The molecule has 0 amide bonds. The summed E-state index contributed by atoms with van der Waals surface area (Å²) in [7, 11) is -3.39. The lowest BCUT2D eigenvalue weighted by Crippen LogP contribution is -2.48. The summed E-state index contributed by atoms with van der Waals surface area (Å²) in [6, 6.07) is 17.8. The summed E-state index contributed by atoms with van der Waals surface area (Å²) < 4.78 is 27.4. The monoisotopic (exact) mass is 372 g/mol. The molecule has 0 bridgehead atoms. The zero-order valence-electron chi connectivity index (χ0n) is 15.5. The van der Waals surface area contributed by atoms with E-state index in [9.17, 15) is 8.42 Å². The van der Waals surface area contributed by atoms with Gasteiger partial charge in [0.25, 0.3) is 0 Å². The van der Waals surface area contributed by atoms with Crippen LogP contribution in [0.2, 0.25) is 0 Å². The molecule has 0 radical (unpaired) electrons. The number of nitrogens with zero attached hydrogens (tertiary/aromatic N) is 2. The first-order valence-corrected chi connectivity index (χ1v) is 10.9. The smallest absolute Gasteiger partial charge is 0.243 e. The zero-order valence-corrected chi connectivity index (χ0v) is 16.3. The molecule has 26 heavy (non-hydrogen) atoms. The highest BCUT2D eigenvalue weighted by Gasteiger charge is 2.28. The van der Waals surface area contributed by atoms with Crippen molar-refractivity contribution >= 4 is 10.0 Å². The lowest BCUT2D eigenvalue weighted by Gasteiger charge is -2.34. The molecule has 4 nitrogen and oxygen atoms in total. The van der Waals surface area contributed by atoms with Gasteiger partial charge in [-0.2, -0.15) is 4.31 Å². The van der Waals surface area contributed by atoms with Crippen LogP contribution in [0.25, 0.3) is 0 Å². The van der Waals surface area contributed by atoms with Crippen molar-refractivity contribution in [3.8, 4) is 0 Å². The molecule has 2 aromatic carbocycles. The number of aryl methyl sites for hydroxylation is 1. The number of hydrogen-bond acceptors (Lipinski definition) is 3. The summed E-state index contributed by atoms with van der Waals surface area (Å²) in [5, 5.41) is 0. The first kappa shape index (κ1) is 19.1. The van der Waals surface area contributed by atoms with Gasteiger partial charge in [-0.05, 0) is 36.1 Å². The highest BCUT2D eigenvalue weighted by molar-refractivity contribution is 7.89. The molecule has 0 spiro atoms. The van der Waals surface area contributed by atoms with Crippen LogP contribution in [0, 0.1) is 0 Å². The van der Waals surface area contributed by atoms with Crippen LogP contribution in [-0.4, -0.2) is 43.8 Å². The Morgan fingerprint density at radius 1 is 0.846 bits per heavy atom. The average Bonchev–Trinajstić information content (AvgIpc) is 2.68. The van der Waals surface area contributed by atoms with Crippen LogP contribution in [0.4, 0.5) is 0 Å². The second kappa shape index (κ2) is 8.80. The summed E-state index contributed by atoms with van der Waals surface area (Å²) in [4.78, 5) is 2.73. The lowest BCUT2D eigenvalue weighted by molar-refractivity contribution is 0.181. The van der Waals surface area contributed by atoms with Gasteiger partial charge in [0.05, 0.1) is 4.90 Å². The molecule has 5 heteroatoms. The van der Waals surface area contributed by atoms with Gasteiger partial charge in [0.1, 0.15) is 0 Å². The standard InChI is InChI=1S/C21H28N2O2S/c1-2-3-7-19-10-12-21(13-11-19)26(24,25)23-16-14-22(15-17-23)18-20-8-5-4-6-9-20/h4-6,8-13H,2-3,7,14-18H2,1H3. The summed E-state index contributed by atoms with van der Waals surface area (Å²) in [5.74, 6) is 0. The number of rotatable bonds is 7. The Labute approximate surface area is 157 Å². The van der Waals surface area contributed by atoms with E-state index in [1.807, 2.05) is 30.3 Å². The Balaban J connectivity index is 1.59. The molecular weight excluding hydrogens is 344 g/mol. The molecule has 0 aromatic heterocycles. The Kier molecular flexibility index (Phi) is 6.46. The minimum absolute atomic E-state index is 0.411. The number of piperazine rings is 1. The fraction of sp³-hybridized carbons (Fsp3) is 0.429. The van der Waals surface area contributed by atoms with E-state index in [-0.39, 0.29) is 0 Å². The van der Waals surface area contributed by atoms with Crippen LogP contribution < -0.4 is 0 Å². The summed E-state index contributed by atoms with van der Waals surface area (Å²) in [6.07, 6.45) is 3.29. The average molecular weight is 373 g/mol. The van der Waals surface area contributed by atoms with Crippen LogP contribution in [0.5, 0.6) is 0 Å². The molecule has 1 saturated heterocycles. The van der Waals surface area contributed by atoms with Crippen molar-refractivity contribution in [2.75, 3.05) is 26.2 Å². The van der Waals surface area contributed by atoms with Crippen molar-refractivity contribution in [1.82, 2.24) is 9.21 Å². The second-order valence-electron chi connectivity index (χ2n) is 6.91. The van der Waals surface area contributed by atoms with Gasteiger partial charge in [0, 0.05) is 32.7 Å². The molecule has 1 fully saturated rings. The molecule has 0 aliphatic carbocycles. The predicted molar refractivity (Wildman–Crippen MR) is 106 cm³/mol. The van der Waals surface area contributed by atoms with Gasteiger partial charge >= 0.3 is 0 Å². The molecule has 140 valence electrons. The first-order chi connectivity index (χ1) is 12.6. The van der Waals surface area contributed by atoms with Crippen LogP contribution in [-0.2, 0) is 23.0 Å². The van der Waals surface area contributed by atoms with Gasteiger partial charge in [0.2, 0.25) is 10.0 Å². The van der Waals surface area contributed by atoms with Gasteiger partial charge in [-0.15, -0.1) is 0 Å². The molecule has 2 aromatic rings. The van der Waals surface area contributed by atoms with Crippen molar-refractivity contribution < 1.29 is 8.42 Å². The molecule has 1 aliphatic heterocycles. The predicted octanol–water partition coefficient (Wildman–Crippen LogP) is 3.54. The Morgan fingerprint density at radius 3 is 2.12 bits per heavy atom. The highest BCUT2D eigenvalue weighted by atomic mass is 32.2. The third-order valence-corrected chi connectivity index (χ3v) is 6.87. The van der Waals surface area contributed by atoms with E-state index in [1.165, 1.54) is 11.1 Å². The molecule has 0 atom stereocenters. The largest absolute Gasteiger partial charge is 0.296 e.